The Morgan fingerprint density at radius 3 is 2.77 bits per heavy atom. The fourth-order valence-corrected chi connectivity index (χ4v) is 2.90. The van der Waals surface area contributed by atoms with Crippen LogP contribution in [-0.2, 0) is 11.3 Å². The number of imidazole rings is 1. The van der Waals surface area contributed by atoms with Crippen LogP contribution in [0.1, 0.15) is 36.1 Å². The molecule has 1 aliphatic rings. The molecule has 2 aromatic rings. The Kier molecular flexibility index (Phi) is 4.13. The van der Waals surface area contributed by atoms with Gasteiger partial charge in [-0.3, -0.25) is 4.79 Å². The van der Waals surface area contributed by atoms with E-state index in [2.05, 4.69) is 16.5 Å². The molecule has 0 unspecified atom stereocenters. The van der Waals surface area contributed by atoms with E-state index in [-0.39, 0.29) is 11.9 Å². The number of benzene rings is 1. The molecule has 1 aliphatic heterocycles. The largest absolute Gasteiger partial charge is 0.378 e. The highest BCUT2D eigenvalue weighted by Gasteiger charge is 2.20. The summed E-state index contributed by atoms with van der Waals surface area (Å²) >= 11 is 0. The highest BCUT2D eigenvalue weighted by atomic mass is 16.5. The second kappa shape index (κ2) is 6.06. The van der Waals surface area contributed by atoms with Gasteiger partial charge in [0.25, 0.3) is 5.91 Å². The molecular weight excluding hydrogens is 280 g/mol. The number of aryl methyl sites for hydroxylation is 1. The van der Waals surface area contributed by atoms with E-state index in [9.17, 15) is 4.79 Å². The molecule has 2 N–H and O–H groups in total. The summed E-state index contributed by atoms with van der Waals surface area (Å²) in [5.74, 6) is 0.907. The molecule has 3 rings (SSSR count). The van der Waals surface area contributed by atoms with E-state index in [1.807, 2.05) is 30.0 Å². The Morgan fingerprint density at radius 2 is 2.14 bits per heavy atom. The van der Waals surface area contributed by atoms with Crippen molar-refractivity contribution in [2.24, 2.45) is 5.73 Å². The quantitative estimate of drug-likeness (QED) is 0.933. The van der Waals surface area contributed by atoms with Crippen LogP contribution in [0.15, 0.2) is 18.2 Å². The van der Waals surface area contributed by atoms with Crippen molar-refractivity contribution in [3.63, 3.8) is 0 Å². The zero-order chi connectivity index (χ0) is 15.7. The molecule has 1 atom stereocenters. The molecule has 1 saturated heterocycles. The van der Waals surface area contributed by atoms with Crippen molar-refractivity contribution in [2.45, 2.75) is 26.4 Å². The van der Waals surface area contributed by atoms with E-state index in [4.69, 9.17) is 10.5 Å². The average Bonchev–Trinajstić information content (AvgIpc) is 2.93. The highest BCUT2D eigenvalue weighted by Crippen LogP contribution is 2.22. The van der Waals surface area contributed by atoms with Crippen molar-refractivity contribution in [2.75, 3.05) is 26.3 Å². The number of rotatable bonds is 3. The second-order valence-corrected chi connectivity index (χ2v) is 5.61. The third kappa shape index (κ3) is 2.60. The predicted octanol–water partition coefficient (Wildman–Crippen LogP) is 1.55. The van der Waals surface area contributed by atoms with Crippen molar-refractivity contribution in [3.8, 4) is 0 Å². The maximum Gasteiger partial charge on any atom is 0.254 e. The molecule has 1 aromatic heterocycles. The molecule has 6 nitrogen and oxygen atoms in total. The number of amides is 1. The molecule has 1 amide bonds. The maximum atomic E-state index is 12.6. The number of carbonyl (C=O) groups excluding carboxylic acids is 1. The number of hydrogen-bond donors (Lipinski definition) is 1. The Labute approximate surface area is 129 Å². The first-order valence-electron chi connectivity index (χ1n) is 7.74. The van der Waals surface area contributed by atoms with Crippen molar-refractivity contribution < 1.29 is 9.53 Å². The van der Waals surface area contributed by atoms with Crippen molar-refractivity contribution in [1.82, 2.24) is 14.5 Å². The van der Waals surface area contributed by atoms with Crippen LogP contribution in [0.25, 0.3) is 11.0 Å². The lowest BCUT2D eigenvalue weighted by molar-refractivity contribution is 0.0303. The van der Waals surface area contributed by atoms with Gasteiger partial charge in [0.05, 0.1) is 30.3 Å². The topological polar surface area (TPSA) is 73.4 Å². The Bertz CT molecular complexity index is 687. The summed E-state index contributed by atoms with van der Waals surface area (Å²) in [5.41, 5.74) is 8.54. The predicted molar refractivity (Wildman–Crippen MR) is 84.7 cm³/mol. The summed E-state index contributed by atoms with van der Waals surface area (Å²) in [5, 5.41) is 0. The summed E-state index contributed by atoms with van der Waals surface area (Å²) in [4.78, 5) is 19.0. The van der Waals surface area contributed by atoms with Crippen molar-refractivity contribution in [3.05, 3.63) is 29.6 Å². The Balaban J connectivity index is 1.99. The highest BCUT2D eigenvalue weighted by molar-refractivity contribution is 5.97. The van der Waals surface area contributed by atoms with Crippen molar-refractivity contribution in [1.29, 1.82) is 0 Å². The lowest BCUT2D eigenvalue weighted by atomic mass is 10.1. The number of hydrogen-bond acceptors (Lipinski definition) is 4. The Morgan fingerprint density at radius 1 is 1.41 bits per heavy atom. The summed E-state index contributed by atoms with van der Waals surface area (Å²) in [6, 6.07) is 5.54. The Hall–Kier alpha value is -1.92. The van der Waals surface area contributed by atoms with Gasteiger partial charge in [-0.2, -0.15) is 0 Å². The monoisotopic (exact) mass is 302 g/mol. The van der Waals surface area contributed by atoms with Gasteiger partial charge in [0.15, 0.2) is 0 Å². The van der Waals surface area contributed by atoms with Gasteiger partial charge in [0.1, 0.15) is 5.82 Å². The molecule has 0 radical (unpaired) electrons. The summed E-state index contributed by atoms with van der Waals surface area (Å²) in [6.45, 7) is 7.27. The minimum absolute atomic E-state index is 0.0522. The van der Waals surface area contributed by atoms with Crippen LogP contribution >= 0.6 is 0 Å². The lowest BCUT2D eigenvalue weighted by Gasteiger charge is -2.26. The van der Waals surface area contributed by atoms with E-state index in [0.29, 0.717) is 31.9 Å². The minimum atomic E-state index is -0.134. The maximum absolute atomic E-state index is 12.6. The van der Waals surface area contributed by atoms with Gasteiger partial charge in [0.2, 0.25) is 0 Å². The number of fused-ring (bicyclic) bond motifs is 1. The van der Waals surface area contributed by atoms with Crippen LogP contribution in [0.4, 0.5) is 0 Å². The normalized spacial score (nSPS) is 17.0. The second-order valence-electron chi connectivity index (χ2n) is 5.61. The summed E-state index contributed by atoms with van der Waals surface area (Å²) < 4.78 is 7.38. The van der Waals surface area contributed by atoms with Gasteiger partial charge in [-0.15, -0.1) is 0 Å². The fraction of sp³-hybridized carbons (Fsp3) is 0.500. The standard InChI is InChI=1S/C16H22N4O2/c1-3-20-14-10-12(16(21)19-6-8-22-9-7-19)4-5-13(14)18-15(20)11(2)17/h4-5,10-11H,3,6-9,17H2,1-2H3/t11-/m1/s1. The first kappa shape index (κ1) is 15.0. The van der Waals surface area contributed by atoms with Crippen molar-refractivity contribution >= 4 is 16.9 Å². The van der Waals surface area contributed by atoms with Crippen LogP contribution in [-0.4, -0.2) is 46.7 Å². The summed E-state index contributed by atoms with van der Waals surface area (Å²) in [7, 11) is 0. The van der Waals surface area contributed by atoms with E-state index in [1.165, 1.54) is 0 Å². The number of carbonyl (C=O) groups is 1. The van der Waals surface area contributed by atoms with Gasteiger partial charge in [0, 0.05) is 25.2 Å². The third-order valence-corrected chi connectivity index (χ3v) is 4.05. The van der Waals surface area contributed by atoms with Crippen LogP contribution in [0.2, 0.25) is 0 Å². The molecule has 0 spiro atoms. The van der Waals surface area contributed by atoms with E-state index in [0.717, 1.165) is 23.4 Å². The molecular formula is C16H22N4O2. The molecule has 2 heterocycles. The number of ether oxygens (including phenoxy) is 1. The van der Waals surface area contributed by atoms with E-state index < -0.39 is 0 Å². The lowest BCUT2D eigenvalue weighted by Crippen LogP contribution is -2.40. The summed E-state index contributed by atoms with van der Waals surface area (Å²) in [6.07, 6.45) is 0. The number of aromatic nitrogens is 2. The molecule has 0 aliphatic carbocycles. The SMILES string of the molecule is CCn1c([C@@H](C)N)nc2ccc(C(=O)N3CCOCC3)cc21. The molecule has 0 saturated carbocycles. The molecule has 22 heavy (non-hydrogen) atoms. The molecule has 6 heteroatoms. The van der Waals surface area contributed by atoms with Crippen LogP contribution in [0.3, 0.4) is 0 Å². The zero-order valence-corrected chi connectivity index (χ0v) is 13.1. The number of nitrogens with two attached hydrogens (primary N) is 1. The molecule has 0 bridgehead atoms. The van der Waals surface area contributed by atoms with Crippen LogP contribution < -0.4 is 5.73 Å². The van der Waals surface area contributed by atoms with Gasteiger partial charge in [-0.05, 0) is 32.0 Å². The van der Waals surface area contributed by atoms with Crippen LogP contribution in [0, 0.1) is 0 Å². The molecule has 1 aromatic carbocycles. The minimum Gasteiger partial charge on any atom is -0.378 e. The van der Waals surface area contributed by atoms with Crippen LogP contribution in [0.5, 0.6) is 0 Å². The smallest absolute Gasteiger partial charge is 0.254 e. The fourth-order valence-electron chi connectivity index (χ4n) is 2.90. The zero-order valence-electron chi connectivity index (χ0n) is 13.1. The average molecular weight is 302 g/mol. The first-order chi connectivity index (χ1) is 10.6. The van der Waals surface area contributed by atoms with E-state index >= 15 is 0 Å². The molecule has 1 fully saturated rings. The van der Waals surface area contributed by atoms with E-state index in [1.54, 1.807) is 0 Å². The molecule has 118 valence electrons. The van der Waals surface area contributed by atoms with Gasteiger partial charge >= 0.3 is 0 Å². The third-order valence-electron chi connectivity index (χ3n) is 4.05. The van der Waals surface area contributed by atoms with Gasteiger partial charge < -0.3 is 19.9 Å². The van der Waals surface area contributed by atoms with Gasteiger partial charge in [-0.1, -0.05) is 0 Å². The number of morpholine rings is 1. The van der Waals surface area contributed by atoms with Gasteiger partial charge in [-0.25, -0.2) is 4.98 Å². The number of nitrogens with zero attached hydrogens (tertiary/aromatic N) is 3. The first-order valence-corrected chi connectivity index (χ1v) is 7.74.